The number of amides is 2. The van der Waals surface area contributed by atoms with E-state index in [2.05, 4.69) is 21.2 Å². The third-order valence-electron chi connectivity index (χ3n) is 6.63. The molecule has 224 valence electrons. The number of anilines is 1. The Morgan fingerprint density at radius 2 is 1.42 bits per heavy atom. The van der Waals surface area contributed by atoms with Crippen LogP contribution in [0, 0.1) is 0 Å². The lowest BCUT2D eigenvalue weighted by molar-refractivity contribution is -0.140. The van der Waals surface area contributed by atoms with E-state index in [1.165, 1.54) is 35.2 Å². The minimum Gasteiger partial charge on any atom is -0.355 e. The number of hydrogen-bond acceptors (Lipinski definition) is 4. The van der Waals surface area contributed by atoms with Crippen molar-refractivity contribution in [3.63, 3.8) is 0 Å². The van der Waals surface area contributed by atoms with Gasteiger partial charge < -0.3 is 10.2 Å². The summed E-state index contributed by atoms with van der Waals surface area (Å²) in [5, 5.41) is 3.26. The normalized spacial score (nSPS) is 11.9. The van der Waals surface area contributed by atoms with Crippen molar-refractivity contribution in [3.8, 4) is 0 Å². The minimum absolute atomic E-state index is 0.0112. The molecule has 0 fully saturated rings. The number of carbonyl (C=O) groups is 2. The molecule has 1 N–H and O–H groups in total. The molecule has 0 aliphatic rings. The van der Waals surface area contributed by atoms with Crippen LogP contribution < -0.4 is 9.62 Å². The van der Waals surface area contributed by atoms with Crippen LogP contribution in [-0.4, -0.2) is 44.3 Å². The van der Waals surface area contributed by atoms with Gasteiger partial charge in [-0.05, 0) is 60.5 Å². The van der Waals surface area contributed by atoms with Crippen molar-refractivity contribution in [2.24, 2.45) is 0 Å². The lowest BCUT2D eigenvalue weighted by Crippen LogP contribution is -2.53. The fourth-order valence-corrected chi connectivity index (χ4v) is 6.76. The first kappa shape index (κ1) is 32.5. The van der Waals surface area contributed by atoms with Crippen molar-refractivity contribution >= 4 is 66.7 Å². The molecule has 0 spiro atoms. The second-order valence-electron chi connectivity index (χ2n) is 9.70. The molecule has 1 unspecified atom stereocenters. The van der Waals surface area contributed by atoms with Crippen LogP contribution in [0.4, 0.5) is 5.69 Å². The molecule has 0 aliphatic carbocycles. The molecule has 2 amide bonds. The topological polar surface area (TPSA) is 86.8 Å². The number of sulfonamides is 1. The fraction of sp³-hybridized carbons (Fsp3) is 0.188. The summed E-state index contributed by atoms with van der Waals surface area (Å²) >= 11 is 16.0. The highest BCUT2D eigenvalue weighted by atomic mass is 79.9. The summed E-state index contributed by atoms with van der Waals surface area (Å²) in [6, 6.07) is 28.0. The van der Waals surface area contributed by atoms with Crippen molar-refractivity contribution in [3.05, 3.63) is 129 Å². The van der Waals surface area contributed by atoms with Gasteiger partial charge >= 0.3 is 0 Å². The largest absolute Gasteiger partial charge is 0.355 e. The predicted octanol–water partition coefficient (Wildman–Crippen LogP) is 6.73. The first-order valence-electron chi connectivity index (χ1n) is 13.5. The quantitative estimate of drug-likeness (QED) is 0.178. The Balaban J connectivity index is 1.81. The SMILES string of the molecule is CCNC(=O)C(Cc1ccccc1)N(Cc1ccc(Br)cc1)C(=O)CN(c1cc(Cl)cc(Cl)c1)S(=O)(=O)c1ccccc1. The van der Waals surface area contributed by atoms with Crippen LogP contribution in [-0.2, 0) is 32.6 Å². The Morgan fingerprint density at radius 3 is 2.00 bits per heavy atom. The number of benzene rings is 4. The minimum atomic E-state index is -4.25. The Morgan fingerprint density at radius 1 is 0.837 bits per heavy atom. The van der Waals surface area contributed by atoms with Crippen LogP contribution >= 0.6 is 39.1 Å². The molecule has 0 radical (unpaired) electrons. The molecule has 11 heteroatoms. The second kappa shape index (κ2) is 14.9. The summed E-state index contributed by atoms with van der Waals surface area (Å²) in [5.74, 6) is -0.925. The van der Waals surface area contributed by atoms with Gasteiger partial charge in [0.15, 0.2) is 0 Å². The number of likely N-dealkylation sites (N-methyl/N-ethyl adjacent to an activating group) is 1. The van der Waals surface area contributed by atoms with Gasteiger partial charge in [-0.2, -0.15) is 0 Å². The number of carbonyl (C=O) groups excluding carboxylic acids is 2. The van der Waals surface area contributed by atoms with E-state index >= 15 is 0 Å². The van der Waals surface area contributed by atoms with Gasteiger partial charge in [0.25, 0.3) is 10.0 Å². The van der Waals surface area contributed by atoms with Gasteiger partial charge in [0.05, 0.1) is 10.6 Å². The molecule has 0 saturated heterocycles. The Labute approximate surface area is 270 Å². The third kappa shape index (κ3) is 8.60. The standard InChI is InChI=1S/C32H30BrCl2N3O4S/c1-2-36-32(40)30(17-23-9-5-3-6-10-23)37(21-24-13-15-25(33)16-14-24)31(39)22-38(28-19-26(34)18-27(35)20-28)43(41,42)29-11-7-4-8-12-29/h3-16,18-20,30H,2,17,21-22H2,1H3,(H,36,40). The molecule has 43 heavy (non-hydrogen) atoms. The molecule has 0 aromatic heterocycles. The fourth-order valence-electron chi connectivity index (χ4n) is 4.56. The molecule has 0 bridgehead atoms. The van der Waals surface area contributed by atoms with Crippen LogP contribution in [0.5, 0.6) is 0 Å². The Bertz CT molecular complexity index is 1640. The molecule has 0 heterocycles. The molecular weight excluding hydrogens is 673 g/mol. The lowest BCUT2D eigenvalue weighted by atomic mass is 10.0. The van der Waals surface area contributed by atoms with E-state index in [-0.39, 0.29) is 39.5 Å². The van der Waals surface area contributed by atoms with Crippen LogP contribution in [0.25, 0.3) is 0 Å². The molecule has 1 atom stereocenters. The molecule has 0 saturated carbocycles. The number of hydrogen-bond donors (Lipinski definition) is 1. The van der Waals surface area contributed by atoms with Gasteiger partial charge in [-0.3, -0.25) is 13.9 Å². The number of nitrogens with one attached hydrogen (secondary N) is 1. The van der Waals surface area contributed by atoms with Gasteiger partial charge in [0, 0.05) is 34.0 Å². The van der Waals surface area contributed by atoms with Crippen molar-refractivity contribution in [2.45, 2.75) is 30.8 Å². The zero-order valence-corrected chi connectivity index (χ0v) is 27.2. The van der Waals surface area contributed by atoms with E-state index in [0.29, 0.717) is 6.54 Å². The molecule has 4 aromatic carbocycles. The molecular formula is C32H30BrCl2N3O4S. The third-order valence-corrected chi connectivity index (χ3v) is 9.39. The molecule has 4 rings (SSSR count). The molecule has 0 aliphatic heterocycles. The van der Waals surface area contributed by atoms with E-state index in [1.54, 1.807) is 25.1 Å². The second-order valence-corrected chi connectivity index (χ2v) is 13.4. The highest BCUT2D eigenvalue weighted by Crippen LogP contribution is 2.30. The molecule has 4 aromatic rings. The van der Waals surface area contributed by atoms with Gasteiger partial charge in [-0.25, -0.2) is 8.42 Å². The highest BCUT2D eigenvalue weighted by molar-refractivity contribution is 9.10. The van der Waals surface area contributed by atoms with Gasteiger partial charge in [-0.15, -0.1) is 0 Å². The van der Waals surface area contributed by atoms with Crippen LogP contribution in [0.3, 0.4) is 0 Å². The number of rotatable bonds is 12. The summed E-state index contributed by atoms with van der Waals surface area (Å²) in [5.41, 5.74) is 1.74. The lowest BCUT2D eigenvalue weighted by Gasteiger charge is -2.34. The van der Waals surface area contributed by atoms with E-state index in [1.807, 2.05) is 54.6 Å². The summed E-state index contributed by atoms with van der Waals surface area (Å²) in [4.78, 5) is 29.3. The average Bonchev–Trinajstić information content (AvgIpc) is 2.99. The first-order valence-corrected chi connectivity index (χ1v) is 16.5. The Kier molecular flexibility index (Phi) is 11.3. The van der Waals surface area contributed by atoms with E-state index < -0.39 is 28.5 Å². The van der Waals surface area contributed by atoms with Gasteiger partial charge in [0.1, 0.15) is 12.6 Å². The van der Waals surface area contributed by atoms with Gasteiger partial charge in [0.2, 0.25) is 11.8 Å². The Hall–Kier alpha value is -3.37. The highest BCUT2D eigenvalue weighted by Gasteiger charge is 2.34. The number of nitrogens with zero attached hydrogens (tertiary/aromatic N) is 2. The summed E-state index contributed by atoms with van der Waals surface area (Å²) in [7, 11) is -4.25. The monoisotopic (exact) mass is 701 g/mol. The smallest absolute Gasteiger partial charge is 0.264 e. The van der Waals surface area contributed by atoms with Crippen molar-refractivity contribution in [2.75, 3.05) is 17.4 Å². The zero-order valence-electron chi connectivity index (χ0n) is 23.3. The number of halogens is 3. The van der Waals surface area contributed by atoms with Crippen molar-refractivity contribution in [1.82, 2.24) is 10.2 Å². The van der Waals surface area contributed by atoms with E-state index in [0.717, 1.165) is 19.9 Å². The van der Waals surface area contributed by atoms with Gasteiger partial charge in [-0.1, -0.05) is 99.8 Å². The predicted molar refractivity (Wildman–Crippen MR) is 175 cm³/mol. The summed E-state index contributed by atoms with van der Waals surface area (Å²) < 4.78 is 29.8. The summed E-state index contributed by atoms with van der Waals surface area (Å²) in [6.07, 6.45) is 0.226. The maximum Gasteiger partial charge on any atom is 0.264 e. The summed E-state index contributed by atoms with van der Waals surface area (Å²) in [6.45, 7) is 1.63. The van der Waals surface area contributed by atoms with Crippen LogP contribution in [0.1, 0.15) is 18.1 Å². The van der Waals surface area contributed by atoms with Crippen LogP contribution in [0.2, 0.25) is 10.0 Å². The maximum atomic E-state index is 14.4. The van der Waals surface area contributed by atoms with Crippen molar-refractivity contribution < 1.29 is 18.0 Å². The van der Waals surface area contributed by atoms with Crippen molar-refractivity contribution in [1.29, 1.82) is 0 Å². The van der Waals surface area contributed by atoms with Crippen LogP contribution in [0.15, 0.2) is 112 Å². The molecule has 7 nitrogen and oxygen atoms in total. The average molecular weight is 703 g/mol. The first-order chi connectivity index (χ1) is 20.6. The zero-order chi connectivity index (χ0) is 31.0. The maximum absolute atomic E-state index is 14.4. The van der Waals surface area contributed by atoms with E-state index in [9.17, 15) is 18.0 Å². The van der Waals surface area contributed by atoms with E-state index in [4.69, 9.17) is 23.2 Å².